The van der Waals surface area contributed by atoms with Crippen LogP contribution in [0, 0.1) is 0 Å². The van der Waals surface area contributed by atoms with Gasteiger partial charge in [-0.1, -0.05) is 204 Å². The molecule has 0 saturated heterocycles. The van der Waals surface area contributed by atoms with Crippen molar-refractivity contribution in [3.8, 4) is 22.3 Å². The second kappa shape index (κ2) is 16.2. The van der Waals surface area contributed by atoms with Crippen molar-refractivity contribution in [3.05, 3.63) is 220 Å². The van der Waals surface area contributed by atoms with Crippen LogP contribution in [0.15, 0.2) is 182 Å². The molecule has 0 bridgehead atoms. The van der Waals surface area contributed by atoms with E-state index in [4.69, 9.17) is 0 Å². The van der Waals surface area contributed by atoms with Gasteiger partial charge in [0.15, 0.2) is 0 Å². The molecule has 0 spiro atoms. The first kappa shape index (κ1) is 46.0. The minimum Gasteiger partial charge on any atom is -0.311 e. The van der Waals surface area contributed by atoms with Crippen LogP contribution in [0.3, 0.4) is 0 Å². The topological polar surface area (TPSA) is 6.48 Å². The number of nitrogens with zero attached hydrogens (tertiary/aromatic N) is 2. The van der Waals surface area contributed by atoms with Gasteiger partial charge in [-0.2, -0.15) is 0 Å². The average molecular weight is 935 g/mol. The average Bonchev–Trinajstić information content (AvgIpc) is 3.73. The number of hydrogen-bond acceptors (Lipinski definition) is 2. The Balaban J connectivity index is 1.02. The Labute approximate surface area is 429 Å². The molecule has 12 rings (SSSR count). The first-order valence-electron chi connectivity index (χ1n) is 26.4. The Bertz CT molecular complexity index is 3590. The normalized spacial score (nSPS) is 16.0. The highest BCUT2D eigenvalue weighted by Crippen LogP contribution is 2.54. The number of rotatable bonds is 6. The summed E-state index contributed by atoms with van der Waals surface area (Å²) in [7, 11) is 0. The number of anilines is 6. The third kappa shape index (κ3) is 6.83. The van der Waals surface area contributed by atoms with E-state index in [1.165, 1.54) is 123 Å². The fourth-order valence-corrected chi connectivity index (χ4v) is 13.3. The summed E-state index contributed by atoms with van der Waals surface area (Å²) in [6, 6.07) is 65.4. The fourth-order valence-electron chi connectivity index (χ4n) is 13.3. The van der Waals surface area contributed by atoms with Crippen LogP contribution in [0.4, 0.5) is 34.1 Å². The monoisotopic (exact) mass is 935 g/mol. The molecule has 72 heavy (non-hydrogen) atoms. The summed E-state index contributed by atoms with van der Waals surface area (Å²) >= 11 is 0. The summed E-state index contributed by atoms with van der Waals surface area (Å²) in [5.74, 6) is 0. The van der Waals surface area contributed by atoms with E-state index < -0.39 is 0 Å². The zero-order valence-corrected chi connectivity index (χ0v) is 44.4. The quantitative estimate of drug-likeness (QED) is 0.153. The van der Waals surface area contributed by atoms with E-state index in [-0.39, 0.29) is 28.4 Å². The van der Waals surface area contributed by atoms with Gasteiger partial charge >= 0.3 is 0 Å². The fraction of sp³-hybridized carbons (Fsp3) is 0.246. The van der Waals surface area contributed by atoms with E-state index in [1.807, 2.05) is 0 Å². The molecule has 2 aliphatic heterocycles. The van der Waals surface area contributed by atoms with Gasteiger partial charge in [0, 0.05) is 45.0 Å². The third-order valence-corrected chi connectivity index (χ3v) is 16.9. The summed E-state index contributed by atoms with van der Waals surface area (Å²) < 4.78 is 0. The van der Waals surface area contributed by atoms with Gasteiger partial charge in [0.2, 0.25) is 0 Å². The first-order chi connectivity index (χ1) is 34.4. The molecule has 2 aliphatic carbocycles. The van der Waals surface area contributed by atoms with Crippen molar-refractivity contribution in [3.63, 3.8) is 0 Å². The Hall–Kier alpha value is -7.10. The molecule has 2 nitrogen and oxygen atoms in total. The van der Waals surface area contributed by atoms with Crippen molar-refractivity contribution < 1.29 is 0 Å². The highest BCUT2D eigenvalue weighted by molar-refractivity contribution is 7.00. The van der Waals surface area contributed by atoms with E-state index in [0.29, 0.717) is 0 Å². The summed E-state index contributed by atoms with van der Waals surface area (Å²) in [6.45, 7) is 28.2. The maximum atomic E-state index is 2.57. The van der Waals surface area contributed by atoms with Gasteiger partial charge in [-0.3, -0.25) is 0 Å². The van der Waals surface area contributed by atoms with Crippen molar-refractivity contribution in [2.75, 3.05) is 9.80 Å². The molecular weight excluding hydrogens is 868 g/mol. The Morgan fingerprint density at radius 2 is 1.04 bits per heavy atom. The van der Waals surface area contributed by atoms with Gasteiger partial charge in [-0.15, -0.1) is 0 Å². The van der Waals surface area contributed by atoms with Crippen LogP contribution < -0.4 is 26.2 Å². The summed E-state index contributed by atoms with van der Waals surface area (Å²) in [4.78, 5) is 5.12. The van der Waals surface area contributed by atoms with Crippen molar-refractivity contribution in [2.45, 2.75) is 111 Å². The van der Waals surface area contributed by atoms with Gasteiger partial charge in [0.1, 0.15) is 0 Å². The molecule has 3 heteroatoms. The molecular formula is C69H67BN2. The summed E-state index contributed by atoms with van der Waals surface area (Å²) in [6.07, 6.45) is 3.41. The van der Waals surface area contributed by atoms with Gasteiger partial charge in [0.05, 0.1) is 0 Å². The lowest BCUT2D eigenvalue weighted by molar-refractivity contribution is 0.590. The van der Waals surface area contributed by atoms with Crippen LogP contribution in [-0.4, -0.2) is 6.71 Å². The smallest absolute Gasteiger partial charge is 0.252 e. The van der Waals surface area contributed by atoms with Crippen LogP contribution in [0.2, 0.25) is 0 Å². The maximum absolute atomic E-state index is 2.57. The largest absolute Gasteiger partial charge is 0.311 e. The lowest BCUT2D eigenvalue weighted by Gasteiger charge is -2.44. The van der Waals surface area contributed by atoms with Crippen molar-refractivity contribution >= 4 is 68.4 Å². The molecule has 0 fully saturated rings. The number of hydrogen-bond donors (Lipinski definition) is 0. The molecule has 8 aromatic carbocycles. The van der Waals surface area contributed by atoms with Crippen LogP contribution >= 0.6 is 0 Å². The van der Waals surface area contributed by atoms with E-state index >= 15 is 0 Å². The lowest BCUT2D eigenvalue weighted by atomic mass is 9.33. The summed E-state index contributed by atoms with van der Waals surface area (Å²) in [5.41, 5.74) is 30.0. The molecule has 0 N–H and O–H groups in total. The van der Waals surface area contributed by atoms with Crippen LogP contribution in [0.5, 0.6) is 0 Å². The van der Waals surface area contributed by atoms with Crippen molar-refractivity contribution in [1.29, 1.82) is 0 Å². The number of benzene rings is 8. The Morgan fingerprint density at radius 3 is 1.68 bits per heavy atom. The number of allylic oxidation sites excluding steroid dienone is 4. The minimum absolute atomic E-state index is 0.0256. The maximum Gasteiger partial charge on any atom is 0.252 e. The van der Waals surface area contributed by atoms with Crippen LogP contribution in [-0.2, 0) is 21.7 Å². The molecule has 0 aromatic heterocycles. The van der Waals surface area contributed by atoms with Crippen molar-refractivity contribution in [1.82, 2.24) is 0 Å². The van der Waals surface area contributed by atoms with Gasteiger partial charge < -0.3 is 9.80 Å². The molecule has 4 aliphatic rings. The zero-order chi connectivity index (χ0) is 50.2. The van der Waals surface area contributed by atoms with E-state index in [2.05, 4.69) is 269 Å². The predicted octanol–water partition coefficient (Wildman–Crippen LogP) is 16.9. The number of fused-ring (bicyclic) bond motifs is 8. The molecule has 0 atom stereocenters. The summed E-state index contributed by atoms with van der Waals surface area (Å²) in [5, 5.41) is 0. The first-order valence-corrected chi connectivity index (χ1v) is 26.4. The highest BCUT2D eigenvalue weighted by Gasteiger charge is 2.45. The SMILES string of the molecule is CC/C=C(\C1=C(C)c2ccccc2C1(C)C)c1ccc(N2c3cc(C(C)(C)C)ccc3B3c4cc(C(C)(C)C)ccc4N(c4ccc(-c5cccc6c5C(C)(C)c5ccccc5-6)cc4)c4cccc2c43)cc1. The molecule has 0 amide bonds. The zero-order valence-electron chi connectivity index (χ0n) is 44.4. The van der Waals surface area contributed by atoms with E-state index in [9.17, 15) is 0 Å². The van der Waals surface area contributed by atoms with Crippen LogP contribution in [0.25, 0.3) is 33.4 Å². The van der Waals surface area contributed by atoms with Gasteiger partial charge in [-0.25, -0.2) is 0 Å². The molecule has 0 saturated carbocycles. The van der Waals surface area contributed by atoms with Crippen LogP contribution in [0.1, 0.15) is 128 Å². The lowest BCUT2D eigenvalue weighted by Crippen LogP contribution is -2.61. The molecule has 356 valence electrons. The molecule has 0 radical (unpaired) electrons. The highest BCUT2D eigenvalue weighted by atomic mass is 15.2. The predicted molar refractivity (Wildman–Crippen MR) is 311 cm³/mol. The minimum atomic E-state index is -0.103. The second-order valence-electron chi connectivity index (χ2n) is 24.1. The third-order valence-electron chi connectivity index (χ3n) is 16.9. The Kier molecular flexibility index (Phi) is 10.4. The molecule has 0 unspecified atom stereocenters. The van der Waals surface area contributed by atoms with Gasteiger partial charge in [0.25, 0.3) is 6.71 Å². The van der Waals surface area contributed by atoms with Gasteiger partial charge in [-0.05, 0) is 167 Å². The molecule has 8 aromatic rings. The Morgan fingerprint density at radius 1 is 0.500 bits per heavy atom. The second-order valence-corrected chi connectivity index (χ2v) is 24.1. The van der Waals surface area contributed by atoms with E-state index in [0.717, 1.165) is 12.1 Å². The van der Waals surface area contributed by atoms with E-state index in [1.54, 1.807) is 0 Å². The van der Waals surface area contributed by atoms with Crippen molar-refractivity contribution in [2.24, 2.45) is 0 Å². The molecule has 2 heterocycles. The standard InChI is InChI=1S/C69H67BN2/c1-13-20-51(63-43(2)50-21-14-16-25-55(50)68(63,9)10)44-29-37-49(38-30-44)72-61-28-19-27-60-65(61)70(57-39-33-47(42-62(57)72)67(6,7)8)58-41-46(66(3,4)5)34-40-59(58)71(60)48-35-31-45(32-36-48)52-23-18-24-54-53-22-15-17-26-56(53)69(11,12)64(52)54/h14-42H,13H2,1-12H3/b51-20-.